The third-order valence-electron chi connectivity index (χ3n) is 3.80. The summed E-state index contributed by atoms with van der Waals surface area (Å²) < 4.78 is 5.19. The van der Waals surface area contributed by atoms with Crippen molar-refractivity contribution >= 4 is 29.5 Å². The summed E-state index contributed by atoms with van der Waals surface area (Å²) in [5.74, 6) is 0.561. The van der Waals surface area contributed by atoms with Gasteiger partial charge in [-0.3, -0.25) is 4.99 Å². The number of benzene rings is 2. The number of carbonyl (C=O) groups is 1. The second-order valence-electron chi connectivity index (χ2n) is 5.66. The molecular weight excluding hydrogens is 336 g/mol. The number of hydrogen-bond donors (Lipinski definition) is 1. The van der Waals surface area contributed by atoms with Gasteiger partial charge in [0, 0.05) is 23.2 Å². The molecule has 0 saturated carbocycles. The maximum atomic E-state index is 11.7. The summed E-state index contributed by atoms with van der Waals surface area (Å²) >= 11 is 5.90. The zero-order chi connectivity index (χ0) is 17.5. The molecule has 0 saturated heterocycles. The van der Waals surface area contributed by atoms with Gasteiger partial charge in [0.15, 0.2) is 0 Å². The zero-order valence-corrected chi connectivity index (χ0v) is 14.5. The first-order valence-electron chi connectivity index (χ1n) is 8.19. The molecule has 5 heteroatoms. The van der Waals surface area contributed by atoms with Crippen molar-refractivity contribution in [3.05, 3.63) is 76.3 Å². The maximum Gasteiger partial charge on any atom is 0.330 e. The molecule has 25 heavy (non-hydrogen) atoms. The van der Waals surface area contributed by atoms with Gasteiger partial charge in [0.25, 0.3) is 0 Å². The summed E-state index contributed by atoms with van der Waals surface area (Å²) in [5, 5.41) is 3.94. The predicted molar refractivity (Wildman–Crippen MR) is 101 cm³/mol. The Kier molecular flexibility index (Phi) is 5.86. The summed E-state index contributed by atoms with van der Waals surface area (Å²) in [5.41, 5.74) is 3.26. The summed E-state index contributed by atoms with van der Waals surface area (Å²) in [6, 6.07) is 15.5. The number of esters is 1. The van der Waals surface area contributed by atoms with Crippen molar-refractivity contribution in [1.29, 1.82) is 0 Å². The van der Waals surface area contributed by atoms with Crippen molar-refractivity contribution in [3.63, 3.8) is 0 Å². The molecule has 1 heterocycles. The third kappa shape index (κ3) is 4.94. The molecule has 1 N–H and O–H groups in total. The average Bonchev–Trinajstić information content (AvgIpc) is 3.03. The highest BCUT2D eigenvalue weighted by Crippen LogP contribution is 2.16. The number of nitrogens with one attached hydrogen (secondary N) is 1. The van der Waals surface area contributed by atoms with Crippen LogP contribution in [0.5, 0.6) is 0 Å². The van der Waals surface area contributed by atoms with Crippen LogP contribution < -0.4 is 5.32 Å². The largest absolute Gasteiger partial charge is 0.462 e. The van der Waals surface area contributed by atoms with E-state index in [1.807, 2.05) is 24.3 Å². The lowest BCUT2D eigenvalue weighted by molar-refractivity contribution is -0.137. The molecule has 0 radical (unpaired) electrons. The van der Waals surface area contributed by atoms with Crippen LogP contribution in [0.15, 0.2) is 59.6 Å². The summed E-state index contributed by atoms with van der Waals surface area (Å²) in [7, 11) is 0. The molecule has 1 aliphatic rings. The Bertz CT molecular complexity index is 815. The fraction of sp³-hybridized carbons (Fsp3) is 0.200. The quantitative estimate of drug-likeness (QED) is 0.487. The number of nitrogens with zero attached hydrogens (tertiary/aromatic N) is 1. The summed E-state index contributed by atoms with van der Waals surface area (Å²) in [4.78, 5) is 16.2. The van der Waals surface area contributed by atoms with Crippen LogP contribution in [-0.4, -0.2) is 25.0 Å². The maximum absolute atomic E-state index is 11.7. The molecule has 0 unspecified atom stereocenters. The first-order valence-corrected chi connectivity index (χ1v) is 8.57. The number of aliphatic imine (C=N–C) groups is 1. The molecule has 0 bridgehead atoms. The highest BCUT2D eigenvalue weighted by Gasteiger charge is 2.13. The number of halogens is 1. The molecule has 0 aliphatic carbocycles. The number of rotatable bonds is 6. The van der Waals surface area contributed by atoms with Crippen LogP contribution in [0.2, 0.25) is 5.02 Å². The highest BCUT2D eigenvalue weighted by molar-refractivity contribution is 6.30. The molecule has 2 aromatic carbocycles. The van der Waals surface area contributed by atoms with E-state index in [1.54, 1.807) is 18.2 Å². The van der Waals surface area contributed by atoms with Gasteiger partial charge in [-0.2, -0.15) is 0 Å². The van der Waals surface area contributed by atoms with Gasteiger partial charge in [-0.1, -0.05) is 48.0 Å². The molecule has 128 valence electrons. The smallest absolute Gasteiger partial charge is 0.330 e. The molecule has 0 amide bonds. The first-order chi connectivity index (χ1) is 12.2. The van der Waals surface area contributed by atoms with Crippen molar-refractivity contribution in [2.45, 2.75) is 13.0 Å². The Hall–Kier alpha value is -2.59. The van der Waals surface area contributed by atoms with E-state index in [0.717, 1.165) is 29.9 Å². The monoisotopic (exact) mass is 354 g/mol. The Morgan fingerprint density at radius 2 is 2.12 bits per heavy atom. The Morgan fingerprint density at radius 3 is 3.00 bits per heavy atom. The average molecular weight is 355 g/mol. The van der Waals surface area contributed by atoms with Crippen LogP contribution in [0.25, 0.3) is 6.08 Å². The topological polar surface area (TPSA) is 50.7 Å². The van der Waals surface area contributed by atoms with Crippen LogP contribution in [0.4, 0.5) is 0 Å². The lowest BCUT2D eigenvalue weighted by Gasteiger charge is -2.07. The van der Waals surface area contributed by atoms with E-state index < -0.39 is 0 Å². The van der Waals surface area contributed by atoms with E-state index >= 15 is 0 Å². The molecule has 0 atom stereocenters. The fourth-order valence-corrected chi connectivity index (χ4v) is 2.76. The lowest BCUT2D eigenvalue weighted by atomic mass is 10.1. The van der Waals surface area contributed by atoms with E-state index in [-0.39, 0.29) is 5.97 Å². The highest BCUT2D eigenvalue weighted by atomic mass is 35.5. The van der Waals surface area contributed by atoms with Crippen LogP contribution in [0.1, 0.15) is 23.1 Å². The fourth-order valence-electron chi connectivity index (χ4n) is 2.56. The minimum Gasteiger partial charge on any atom is -0.462 e. The molecule has 0 fully saturated rings. The second kappa shape index (κ2) is 8.49. The number of carbonyl (C=O) groups excluding carboxylic acids is 1. The van der Waals surface area contributed by atoms with Gasteiger partial charge in [0.1, 0.15) is 5.84 Å². The van der Waals surface area contributed by atoms with Gasteiger partial charge in [-0.15, -0.1) is 0 Å². The van der Waals surface area contributed by atoms with E-state index in [9.17, 15) is 4.79 Å². The minimum atomic E-state index is -0.358. The normalized spacial score (nSPS) is 12.8. The van der Waals surface area contributed by atoms with E-state index in [4.69, 9.17) is 16.3 Å². The van der Waals surface area contributed by atoms with Gasteiger partial charge in [0.05, 0.1) is 13.2 Å². The molecule has 3 rings (SSSR count). The number of hydrogen-bond acceptors (Lipinski definition) is 4. The lowest BCUT2D eigenvalue weighted by Crippen LogP contribution is -2.25. The van der Waals surface area contributed by atoms with Crippen LogP contribution in [0, 0.1) is 0 Å². The minimum absolute atomic E-state index is 0.358. The predicted octanol–water partition coefficient (Wildman–Crippen LogP) is 3.84. The van der Waals surface area contributed by atoms with Crippen molar-refractivity contribution in [2.75, 3.05) is 13.2 Å². The van der Waals surface area contributed by atoms with Gasteiger partial charge < -0.3 is 10.1 Å². The van der Waals surface area contributed by atoms with Gasteiger partial charge >= 0.3 is 5.97 Å². The van der Waals surface area contributed by atoms with Crippen LogP contribution >= 0.6 is 11.6 Å². The molecular formula is C20H19ClN2O2. The van der Waals surface area contributed by atoms with Crippen LogP contribution in [0.3, 0.4) is 0 Å². The second-order valence-corrected chi connectivity index (χ2v) is 6.09. The Labute approximate surface area is 152 Å². The molecule has 0 spiro atoms. The van der Waals surface area contributed by atoms with E-state index in [0.29, 0.717) is 18.2 Å². The van der Waals surface area contributed by atoms with Gasteiger partial charge in [0.2, 0.25) is 0 Å². The summed E-state index contributed by atoms with van der Waals surface area (Å²) in [6.45, 7) is 1.79. The molecule has 2 aromatic rings. The molecule has 1 aliphatic heterocycles. The summed E-state index contributed by atoms with van der Waals surface area (Å²) in [6.07, 6.45) is 3.82. The Balaban J connectivity index is 1.36. The first kappa shape index (κ1) is 17.2. The van der Waals surface area contributed by atoms with Crippen molar-refractivity contribution in [2.24, 2.45) is 4.99 Å². The third-order valence-corrected chi connectivity index (χ3v) is 4.03. The van der Waals surface area contributed by atoms with Gasteiger partial charge in [-0.05, 0) is 35.8 Å². The van der Waals surface area contributed by atoms with E-state index in [1.165, 1.54) is 11.6 Å². The SMILES string of the molecule is O=C(/C=C/c1cccc(Cl)c1)OCCCNC1=NCc2ccccc21. The number of amidine groups is 1. The van der Waals surface area contributed by atoms with Crippen molar-refractivity contribution in [1.82, 2.24) is 5.32 Å². The molecule has 4 nitrogen and oxygen atoms in total. The van der Waals surface area contributed by atoms with Crippen molar-refractivity contribution in [3.8, 4) is 0 Å². The molecule has 0 aromatic heterocycles. The zero-order valence-electron chi connectivity index (χ0n) is 13.7. The van der Waals surface area contributed by atoms with Crippen LogP contribution in [-0.2, 0) is 16.1 Å². The number of fused-ring (bicyclic) bond motifs is 1. The Morgan fingerprint density at radius 1 is 1.24 bits per heavy atom. The number of ether oxygens (including phenoxy) is 1. The van der Waals surface area contributed by atoms with E-state index in [2.05, 4.69) is 22.4 Å². The van der Waals surface area contributed by atoms with Gasteiger partial charge in [-0.25, -0.2) is 4.79 Å². The standard InChI is InChI=1S/C20H19ClN2O2/c21-17-7-3-5-15(13-17)9-10-19(24)25-12-4-11-22-20-18-8-2-1-6-16(18)14-23-20/h1-3,5-10,13H,4,11-12,14H2,(H,22,23)/b10-9+. The van der Waals surface area contributed by atoms with Crippen molar-refractivity contribution < 1.29 is 9.53 Å².